The van der Waals surface area contributed by atoms with Crippen LogP contribution in [-0.2, 0) is 11.2 Å². The van der Waals surface area contributed by atoms with Gasteiger partial charge in [0.25, 0.3) is 5.91 Å². The van der Waals surface area contributed by atoms with Gasteiger partial charge in [-0.15, -0.1) is 0 Å². The van der Waals surface area contributed by atoms with E-state index in [0.29, 0.717) is 26.0 Å². The molecule has 138 valence electrons. The average molecular weight is 358 g/mol. The minimum atomic E-state index is -0.565. The molecule has 0 aromatic heterocycles. The zero-order valence-corrected chi connectivity index (χ0v) is 14.8. The van der Waals surface area contributed by atoms with Crippen molar-refractivity contribution in [3.8, 4) is 5.75 Å². The Morgan fingerprint density at radius 2 is 1.69 bits per heavy atom. The number of amides is 2. The summed E-state index contributed by atoms with van der Waals surface area (Å²) >= 11 is 0. The summed E-state index contributed by atoms with van der Waals surface area (Å²) < 4.78 is 18.8. The predicted molar refractivity (Wildman–Crippen MR) is 97.7 cm³/mol. The quantitative estimate of drug-likeness (QED) is 0.677. The minimum Gasteiger partial charge on any atom is -0.494 e. The van der Waals surface area contributed by atoms with Crippen molar-refractivity contribution in [3.63, 3.8) is 0 Å². The van der Waals surface area contributed by atoms with Crippen LogP contribution in [0.3, 0.4) is 0 Å². The molecule has 0 saturated carbocycles. The highest BCUT2D eigenvalue weighted by Crippen LogP contribution is 2.13. The Hall–Kier alpha value is -2.89. The van der Waals surface area contributed by atoms with Gasteiger partial charge in [-0.1, -0.05) is 24.3 Å². The van der Waals surface area contributed by atoms with E-state index in [4.69, 9.17) is 4.74 Å². The van der Waals surface area contributed by atoms with Gasteiger partial charge in [-0.2, -0.15) is 0 Å². The van der Waals surface area contributed by atoms with Crippen LogP contribution in [0.5, 0.6) is 5.75 Å². The van der Waals surface area contributed by atoms with Crippen molar-refractivity contribution in [2.45, 2.75) is 19.8 Å². The summed E-state index contributed by atoms with van der Waals surface area (Å²) in [5, 5.41) is 5.31. The molecule has 5 nitrogen and oxygen atoms in total. The number of carbonyl (C=O) groups excluding carboxylic acids is 2. The molecule has 0 saturated heterocycles. The number of carbonyl (C=O) groups is 2. The van der Waals surface area contributed by atoms with E-state index >= 15 is 0 Å². The lowest BCUT2D eigenvalue weighted by molar-refractivity contribution is -0.121. The third-order valence-corrected chi connectivity index (χ3v) is 3.73. The van der Waals surface area contributed by atoms with Crippen molar-refractivity contribution < 1.29 is 18.7 Å². The number of aryl methyl sites for hydroxylation is 1. The first-order chi connectivity index (χ1) is 12.6. The Bertz CT molecular complexity index is 732. The van der Waals surface area contributed by atoms with Gasteiger partial charge >= 0.3 is 0 Å². The molecule has 0 aliphatic carbocycles. The molecule has 0 heterocycles. The third-order valence-electron chi connectivity index (χ3n) is 3.73. The second-order valence-electron chi connectivity index (χ2n) is 5.66. The topological polar surface area (TPSA) is 67.4 Å². The van der Waals surface area contributed by atoms with Gasteiger partial charge in [0, 0.05) is 19.5 Å². The lowest BCUT2D eigenvalue weighted by Gasteiger charge is -2.08. The number of hydrogen-bond donors (Lipinski definition) is 2. The Kier molecular flexibility index (Phi) is 7.61. The molecular formula is C20H23FN2O3. The van der Waals surface area contributed by atoms with Crippen molar-refractivity contribution >= 4 is 11.8 Å². The van der Waals surface area contributed by atoms with Crippen molar-refractivity contribution in [1.82, 2.24) is 10.6 Å². The van der Waals surface area contributed by atoms with E-state index < -0.39 is 11.7 Å². The Balaban J connectivity index is 1.64. The summed E-state index contributed by atoms with van der Waals surface area (Å²) in [5.41, 5.74) is 1.05. The van der Waals surface area contributed by atoms with Crippen LogP contribution < -0.4 is 15.4 Å². The van der Waals surface area contributed by atoms with Crippen LogP contribution >= 0.6 is 0 Å². The van der Waals surface area contributed by atoms with Gasteiger partial charge in [-0.25, -0.2) is 4.39 Å². The molecule has 6 heteroatoms. The second-order valence-corrected chi connectivity index (χ2v) is 5.66. The van der Waals surface area contributed by atoms with Crippen LogP contribution in [-0.4, -0.2) is 31.5 Å². The highest BCUT2D eigenvalue weighted by atomic mass is 19.1. The number of hydrogen-bond acceptors (Lipinski definition) is 3. The lowest BCUT2D eigenvalue weighted by Crippen LogP contribution is -2.35. The lowest BCUT2D eigenvalue weighted by atomic mass is 10.1. The van der Waals surface area contributed by atoms with Crippen LogP contribution in [0.4, 0.5) is 4.39 Å². The number of halogens is 1. The van der Waals surface area contributed by atoms with Gasteiger partial charge < -0.3 is 15.4 Å². The number of ether oxygens (including phenoxy) is 1. The summed E-state index contributed by atoms with van der Waals surface area (Å²) in [4.78, 5) is 23.7. The Morgan fingerprint density at radius 3 is 2.38 bits per heavy atom. The first-order valence-corrected chi connectivity index (χ1v) is 8.61. The maximum absolute atomic E-state index is 13.5. The monoisotopic (exact) mass is 358 g/mol. The van der Waals surface area contributed by atoms with Gasteiger partial charge in [-0.3, -0.25) is 9.59 Å². The van der Waals surface area contributed by atoms with Gasteiger partial charge in [0.2, 0.25) is 5.91 Å². The largest absolute Gasteiger partial charge is 0.494 e. The molecule has 0 radical (unpaired) electrons. The summed E-state index contributed by atoms with van der Waals surface area (Å²) in [6.45, 7) is 3.08. The summed E-state index contributed by atoms with van der Waals surface area (Å²) in [6.07, 6.45) is 0.981. The van der Waals surface area contributed by atoms with Crippen LogP contribution in [0, 0.1) is 5.82 Å². The van der Waals surface area contributed by atoms with Gasteiger partial charge in [-0.05, 0) is 43.2 Å². The molecular weight excluding hydrogens is 335 g/mol. The first-order valence-electron chi connectivity index (χ1n) is 8.61. The molecule has 0 atom stereocenters. The van der Waals surface area contributed by atoms with Crippen LogP contribution in [0.25, 0.3) is 0 Å². The van der Waals surface area contributed by atoms with E-state index in [1.165, 1.54) is 18.2 Å². The van der Waals surface area contributed by atoms with E-state index in [-0.39, 0.29) is 18.0 Å². The Morgan fingerprint density at radius 1 is 1.00 bits per heavy atom. The molecule has 0 spiro atoms. The second kappa shape index (κ2) is 10.2. The van der Waals surface area contributed by atoms with Crippen molar-refractivity contribution in [3.05, 3.63) is 65.5 Å². The van der Waals surface area contributed by atoms with E-state index in [0.717, 1.165) is 11.3 Å². The minimum absolute atomic E-state index is 0.00525. The van der Waals surface area contributed by atoms with Crippen molar-refractivity contribution in [2.75, 3.05) is 19.7 Å². The molecule has 2 aromatic carbocycles. The van der Waals surface area contributed by atoms with E-state index in [1.54, 1.807) is 6.07 Å². The molecule has 2 amide bonds. The molecule has 0 aliphatic rings. The fourth-order valence-electron chi connectivity index (χ4n) is 2.38. The van der Waals surface area contributed by atoms with Gasteiger partial charge in [0.05, 0.1) is 12.2 Å². The summed E-state index contributed by atoms with van der Waals surface area (Å²) in [6, 6.07) is 13.4. The van der Waals surface area contributed by atoms with E-state index in [2.05, 4.69) is 10.6 Å². The molecule has 2 aromatic rings. The number of rotatable bonds is 9. The zero-order chi connectivity index (χ0) is 18.8. The highest BCUT2D eigenvalue weighted by Gasteiger charge is 2.10. The van der Waals surface area contributed by atoms with Crippen LogP contribution in [0.15, 0.2) is 48.5 Å². The molecule has 2 rings (SSSR count). The number of nitrogens with one attached hydrogen (secondary N) is 2. The van der Waals surface area contributed by atoms with Gasteiger partial charge in [0.15, 0.2) is 0 Å². The van der Waals surface area contributed by atoms with Crippen molar-refractivity contribution in [2.24, 2.45) is 0 Å². The predicted octanol–water partition coefficient (Wildman–Crippen LogP) is 2.70. The van der Waals surface area contributed by atoms with Crippen LogP contribution in [0.1, 0.15) is 29.3 Å². The summed E-state index contributed by atoms with van der Waals surface area (Å²) in [7, 11) is 0. The highest BCUT2D eigenvalue weighted by molar-refractivity contribution is 5.94. The molecule has 0 fully saturated rings. The fourth-order valence-corrected chi connectivity index (χ4v) is 2.38. The summed E-state index contributed by atoms with van der Waals surface area (Å²) in [5.74, 6) is -0.346. The molecule has 0 bridgehead atoms. The third kappa shape index (κ3) is 6.20. The average Bonchev–Trinajstić information content (AvgIpc) is 2.65. The SMILES string of the molecule is CCOc1ccc(CCC(=O)NCCNC(=O)c2ccccc2F)cc1. The normalized spacial score (nSPS) is 10.2. The maximum Gasteiger partial charge on any atom is 0.254 e. The van der Waals surface area contributed by atoms with Gasteiger partial charge in [0.1, 0.15) is 11.6 Å². The van der Waals surface area contributed by atoms with Crippen LogP contribution in [0.2, 0.25) is 0 Å². The molecule has 0 unspecified atom stereocenters. The standard InChI is InChI=1S/C20H23FN2O3/c1-2-26-16-10-7-15(8-11-16)9-12-19(24)22-13-14-23-20(25)17-5-3-4-6-18(17)21/h3-8,10-11H,2,9,12-14H2,1H3,(H,22,24)(H,23,25). The maximum atomic E-state index is 13.5. The zero-order valence-electron chi connectivity index (χ0n) is 14.8. The molecule has 26 heavy (non-hydrogen) atoms. The molecule has 0 aliphatic heterocycles. The smallest absolute Gasteiger partial charge is 0.254 e. The molecule has 2 N–H and O–H groups in total. The first kappa shape index (κ1) is 19.4. The van der Waals surface area contributed by atoms with E-state index in [1.807, 2.05) is 31.2 Å². The van der Waals surface area contributed by atoms with E-state index in [9.17, 15) is 14.0 Å². The fraction of sp³-hybridized carbons (Fsp3) is 0.300. The van der Waals surface area contributed by atoms with Crippen molar-refractivity contribution in [1.29, 1.82) is 0 Å². The number of benzene rings is 2. The Labute approximate surface area is 152 Å².